The highest BCUT2D eigenvalue weighted by Gasteiger charge is 2.19. The lowest BCUT2D eigenvalue weighted by Gasteiger charge is -2.09. The van der Waals surface area contributed by atoms with E-state index in [1.54, 1.807) is 0 Å². The first-order chi connectivity index (χ1) is 7.45. The van der Waals surface area contributed by atoms with Crippen molar-refractivity contribution in [3.05, 3.63) is 17.3 Å². The number of pyridine rings is 1. The third kappa shape index (κ3) is 2.56. The molecule has 88 valence electrons. The van der Waals surface area contributed by atoms with E-state index in [-0.39, 0.29) is 11.5 Å². The molecule has 1 aromatic heterocycles. The number of anilines is 1. The number of carbonyl (C=O) groups excluding carboxylic acids is 1. The minimum atomic E-state index is -2.85. The Morgan fingerprint density at radius 1 is 1.69 bits per heavy atom. The van der Waals surface area contributed by atoms with E-state index in [2.05, 4.69) is 9.72 Å². The fourth-order valence-corrected chi connectivity index (χ4v) is 1.11. The van der Waals surface area contributed by atoms with Gasteiger partial charge in [0.25, 0.3) is 6.43 Å². The number of halogens is 2. The van der Waals surface area contributed by atoms with Crippen molar-refractivity contribution in [2.75, 3.05) is 12.8 Å². The van der Waals surface area contributed by atoms with Crippen LogP contribution in [0.5, 0.6) is 5.75 Å². The van der Waals surface area contributed by atoms with Crippen molar-refractivity contribution in [1.29, 1.82) is 0 Å². The number of methoxy groups -OCH3 is 1. The van der Waals surface area contributed by atoms with E-state index < -0.39 is 30.1 Å². The molecule has 5 nitrogen and oxygen atoms in total. The average Bonchev–Trinajstić information content (AvgIpc) is 2.22. The van der Waals surface area contributed by atoms with Gasteiger partial charge in [-0.25, -0.2) is 13.8 Å². The van der Waals surface area contributed by atoms with Crippen LogP contribution >= 0.6 is 0 Å². The number of nitrogen functional groups attached to an aromatic ring is 1. The monoisotopic (exact) mass is 232 g/mol. The highest BCUT2D eigenvalue weighted by molar-refractivity contribution is 5.72. The molecule has 0 spiro atoms. The minimum Gasteiger partial charge on any atom is -0.504 e. The van der Waals surface area contributed by atoms with Gasteiger partial charge in [-0.05, 0) is 6.07 Å². The van der Waals surface area contributed by atoms with Crippen LogP contribution in [0, 0.1) is 0 Å². The molecular weight excluding hydrogens is 222 g/mol. The molecule has 0 aliphatic heterocycles. The molecule has 0 amide bonds. The summed E-state index contributed by atoms with van der Waals surface area (Å²) in [6.07, 6.45) is -3.26. The third-order valence-electron chi connectivity index (χ3n) is 1.92. The number of nitrogens with two attached hydrogens (primary N) is 1. The van der Waals surface area contributed by atoms with Crippen LogP contribution in [0.4, 0.5) is 14.6 Å². The van der Waals surface area contributed by atoms with Crippen LogP contribution in [0.25, 0.3) is 0 Å². The summed E-state index contributed by atoms with van der Waals surface area (Å²) in [6, 6.07) is 0.797. The zero-order valence-corrected chi connectivity index (χ0v) is 8.41. The van der Waals surface area contributed by atoms with Crippen molar-refractivity contribution >= 4 is 11.8 Å². The normalized spacial score (nSPS) is 10.5. The van der Waals surface area contributed by atoms with Crippen LogP contribution in [0.2, 0.25) is 0 Å². The number of ether oxygens (including phenoxy) is 1. The van der Waals surface area contributed by atoms with Crippen molar-refractivity contribution < 1.29 is 23.4 Å². The summed E-state index contributed by atoms with van der Waals surface area (Å²) in [7, 11) is 1.13. The molecule has 1 aromatic rings. The van der Waals surface area contributed by atoms with E-state index in [9.17, 15) is 13.6 Å². The Morgan fingerprint density at radius 3 is 2.81 bits per heavy atom. The molecule has 0 saturated heterocycles. The van der Waals surface area contributed by atoms with Crippen molar-refractivity contribution in [1.82, 2.24) is 4.98 Å². The first kappa shape index (κ1) is 12.2. The molecule has 7 heteroatoms. The summed E-state index contributed by atoms with van der Waals surface area (Å²) in [5.41, 5.74) is 4.52. The second-order valence-electron chi connectivity index (χ2n) is 2.98. The number of hydrogen-bond donors (Lipinski definition) is 2. The summed E-state index contributed by atoms with van der Waals surface area (Å²) in [4.78, 5) is 14.5. The summed E-state index contributed by atoms with van der Waals surface area (Å²) < 4.78 is 29.4. The first-order valence-electron chi connectivity index (χ1n) is 4.29. The van der Waals surface area contributed by atoms with Gasteiger partial charge in [0.15, 0.2) is 11.6 Å². The second-order valence-corrected chi connectivity index (χ2v) is 2.98. The molecule has 1 heterocycles. The molecule has 0 aromatic carbocycles. The Morgan fingerprint density at radius 2 is 2.31 bits per heavy atom. The van der Waals surface area contributed by atoms with Gasteiger partial charge >= 0.3 is 5.97 Å². The number of hydrogen-bond acceptors (Lipinski definition) is 5. The average molecular weight is 232 g/mol. The van der Waals surface area contributed by atoms with Gasteiger partial charge in [0, 0.05) is 5.56 Å². The number of rotatable bonds is 3. The highest BCUT2D eigenvalue weighted by Crippen LogP contribution is 2.28. The Bertz CT molecular complexity index is 410. The lowest BCUT2D eigenvalue weighted by molar-refractivity contribution is -0.139. The van der Waals surface area contributed by atoms with Crippen LogP contribution in [0.3, 0.4) is 0 Å². The molecule has 3 N–H and O–H groups in total. The lowest BCUT2D eigenvalue weighted by Crippen LogP contribution is -2.10. The van der Waals surface area contributed by atoms with Gasteiger partial charge in [0.2, 0.25) is 0 Å². The molecule has 0 bridgehead atoms. The van der Waals surface area contributed by atoms with E-state index in [1.165, 1.54) is 0 Å². The molecule has 0 radical (unpaired) electrons. The number of nitrogens with zero attached hydrogens (tertiary/aromatic N) is 1. The fraction of sp³-hybridized carbons (Fsp3) is 0.333. The summed E-state index contributed by atoms with van der Waals surface area (Å²) in [5.74, 6) is -1.55. The Hall–Kier alpha value is -1.92. The molecule has 0 aliphatic rings. The molecule has 0 aliphatic carbocycles. The minimum absolute atomic E-state index is 0.197. The van der Waals surface area contributed by atoms with Crippen LogP contribution in [-0.4, -0.2) is 23.2 Å². The standard InChI is InChI=1S/C9H10F2N2O3/c1-16-7(15)3-5-4(8(10)11)2-6(14)9(12)13-5/h2,8,14H,3H2,1H3,(H2,12,13). The van der Waals surface area contributed by atoms with Gasteiger partial charge < -0.3 is 15.6 Å². The summed E-state index contributed by atoms with van der Waals surface area (Å²) in [6.45, 7) is 0. The number of carbonyl (C=O) groups is 1. The van der Waals surface area contributed by atoms with Gasteiger partial charge in [-0.3, -0.25) is 4.79 Å². The van der Waals surface area contributed by atoms with Gasteiger partial charge in [-0.1, -0.05) is 0 Å². The Labute approximate surface area is 89.9 Å². The molecule has 0 atom stereocenters. The van der Waals surface area contributed by atoms with E-state index in [4.69, 9.17) is 10.8 Å². The van der Waals surface area contributed by atoms with Crippen LogP contribution in [-0.2, 0) is 16.0 Å². The quantitative estimate of drug-likeness (QED) is 0.760. The fourth-order valence-electron chi connectivity index (χ4n) is 1.11. The SMILES string of the molecule is COC(=O)Cc1nc(N)c(O)cc1C(F)F. The lowest BCUT2D eigenvalue weighted by atomic mass is 10.1. The molecule has 0 fully saturated rings. The van der Waals surface area contributed by atoms with Gasteiger partial charge in [0.1, 0.15) is 0 Å². The predicted molar refractivity (Wildman–Crippen MR) is 51.0 cm³/mol. The maximum absolute atomic E-state index is 12.5. The Kier molecular flexibility index (Phi) is 3.60. The van der Waals surface area contributed by atoms with Crippen molar-refractivity contribution in [2.24, 2.45) is 0 Å². The maximum atomic E-state index is 12.5. The van der Waals surface area contributed by atoms with Gasteiger partial charge in [-0.15, -0.1) is 0 Å². The number of aromatic hydroxyl groups is 1. The molecule has 1 rings (SSSR count). The third-order valence-corrected chi connectivity index (χ3v) is 1.92. The van der Waals surface area contributed by atoms with Crippen LogP contribution < -0.4 is 5.73 Å². The topological polar surface area (TPSA) is 85.4 Å². The van der Waals surface area contributed by atoms with Crippen LogP contribution in [0.15, 0.2) is 6.07 Å². The maximum Gasteiger partial charge on any atom is 0.311 e. The van der Waals surface area contributed by atoms with Crippen molar-refractivity contribution in [3.63, 3.8) is 0 Å². The smallest absolute Gasteiger partial charge is 0.311 e. The van der Waals surface area contributed by atoms with Crippen molar-refractivity contribution in [2.45, 2.75) is 12.8 Å². The summed E-state index contributed by atoms with van der Waals surface area (Å²) >= 11 is 0. The zero-order chi connectivity index (χ0) is 12.3. The predicted octanol–water partition coefficient (Wildman–Crippen LogP) is 1.02. The van der Waals surface area contributed by atoms with E-state index >= 15 is 0 Å². The highest BCUT2D eigenvalue weighted by atomic mass is 19.3. The first-order valence-corrected chi connectivity index (χ1v) is 4.29. The number of esters is 1. The van der Waals surface area contributed by atoms with Gasteiger partial charge in [0.05, 0.1) is 19.2 Å². The largest absolute Gasteiger partial charge is 0.504 e. The van der Waals surface area contributed by atoms with E-state index in [1.807, 2.05) is 0 Å². The number of alkyl halides is 2. The summed E-state index contributed by atoms with van der Waals surface area (Å²) in [5, 5.41) is 9.13. The van der Waals surface area contributed by atoms with Crippen LogP contribution in [0.1, 0.15) is 17.7 Å². The van der Waals surface area contributed by atoms with E-state index in [0.29, 0.717) is 0 Å². The zero-order valence-electron chi connectivity index (χ0n) is 8.41. The molecule has 0 saturated carbocycles. The Balaban J connectivity index is 3.14. The van der Waals surface area contributed by atoms with Gasteiger partial charge in [-0.2, -0.15) is 0 Å². The molecule has 16 heavy (non-hydrogen) atoms. The van der Waals surface area contributed by atoms with Crippen molar-refractivity contribution in [3.8, 4) is 5.75 Å². The molecule has 0 unspecified atom stereocenters. The second kappa shape index (κ2) is 4.73. The molecular formula is C9H10F2N2O3. The van der Waals surface area contributed by atoms with E-state index in [0.717, 1.165) is 13.2 Å². The number of aromatic nitrogens is 1.